The molecule has 0 radical (unpaired) electrons. The van der Waals surface area contributed by atoms with Gasteiger partial charge in [-0.25, -0.2) is 0 Å². The van der Waals surface area contributed by atoms with Crippen LogP contribution >= 0.6 is 11.3 Å². The largest absolute Gasteiger partial charge is 0.411 e. The molecule has 4 N–H and O–H groups in total. The molecular formula is C23H18N4O2S. The minimum Gasteiger partial charge on any atom is -0.411 e. The SMILES string of the molecule is Nc1ccc(-c2ccc(C=NO)s2)cc1NC(=O)c1ccc(-c2cccnc2)cc1. The van der Waals surface area contributed by atoms with Crippen LogP contribution in [0.1, 0.15) is 15.2 Å². The van der Waals surface area contributed by atoms with Crippen molar-refractivity contribution in [3.63, 3.8) is 0 Å². The van der Waals surface area contributed by atoms with Gasteiger partial charge in [-0.05, 0) is 59.2 Å². The number of hydrogen-bond donors (Lipinski definition) is 3. The van der Waals surface area contributed by atoms with Crippen molar-refractivity contribution in [3.05, 3.63) is 89.6 Å². The number of anilines is 2. The zero-order valence-electron chi connectivity index (χ0n) is 15.8. The lowest BCUT2D eigenvalue weighted by atomic mass is 10.1. The first-order valence-electron chi connectivity index (χ1n) is 9.13. The Labute approximate surface area is 177 Å². The summed E-state index contributed by atoms with van der Waals surface area (Å²) in [6.45, 7) is 0. The molecule has 4 aromatic rings. The number of oxime groups is 1. The summed E-state index contributed by atoms with van der Waals surface area (Å²) in [5.74, 6) is -0.240. The molecule has 0 bridgehead atoms. The number of hydrogen-bond acceptors (Lipinski definition) is 6. The van der Waals surface area contributed by atoms with E-state index in [-0.39, 0.29) is 5.91 Å². The zero-order valence-corrected chi connectivity index (χ0v) is 16.6. The summed E-state index contributed by atoms with van der Waals surface area (Å²) in [6.07, 6.45) is 4.88. The van der Waals surface area contributed by atoms with Crippen molar-refractivity contribution >= 4 is 34.8 Å². The van der Waals surface area contributed by atoms with E-state index in [0.717, 1.165) is 26.4 Å². The molecule has 0 atom stereocenters. The van der Waals surface area contributed by atoms with E-state index in [0.29, 0.717) is 16.9 Å². The second-order valence-corrected chi connectivity index (χ2v) is 7.64. The number of amides is 1. The van der Waals surface area contributed by atoms with Crippen LogP contribution in [0.25, 0.3) is 21.6 Å². The quantitative estimate of drug-likeness (QED) is 0.183. The molecule has 0 saturated carbocycles. The van der Waals surface area contributed by atoms with E-state index in [1.807, 2.05) is 48.5 Å². The van der Waals surface area contributed by atoms with Crippen molar-refractivity contribution in [2.75, 3.05) is 11.1 Å². The molecule has 0 unspecified atom stereocenters. The fourth-order valence-electron chi connectivity index (χ4n) is 2.99. The molecule has 0 fully saturated rings. The van der Waals surface area contributed by atoms with E-state index in [9.17, 15) is 4.79 Å². The molecule has 0 saturated heterocycles. The van der Waals surface area contributed by atoms with E-state index >= 15 is 0 Å². The summed E-state index contributed by atoms with van der Waals surface area (Å²) in [6, 6.07) is 20.4. The van der Waals surface area contributed by atoms with Crippen LogP contribution in [0, 0.1) is 0 Å². The standard InChI is InChI=1S/C23H18N4O2S/c24-20-9-7-17(22-10-8-19(30-22)14-26-29)12-21(20)27-23(28)16-5-3-15(4-6-16)18-2-1-11-25-13-18/h1-14,29H,24H2,(H,27,28). The maximum absolute atomic E-state index is 12.7. The minimum absolute atomic E-state index is 0.240. The van der Waals surface area contributed by atoms with Crippen LogP contribution in [0.2, 0.25) is 0 Å². The van der Waals surface area contributed by atoms with Crippen LogP contribution in [0.3, 0.4) is 0 Å². The Kier molecular flexibility index (Phi) is 5.54. The molecule has 0 aliphatic heterocycles. The summed E-state index contributed by atoms with van der Waals surface area (Å²) in [5, 5.41) is 14.6. The molecular weight excluding hydrogens is 396 g/mol. The summed E-state index contributed by atoms with van der Waals surface area (Å²) in [7, 11) is 0. The summed E-state index contributed by atoms with van der Waals surface area (Å²) >= 11 is 1.47. The molecule has 0 aliphatic carbocycles. The van der Waals surface area contributed by atoms with Gasteiger partial charge in [0.1, 0.15) is 0 Å². The lowest BCUT2D eigenvalue weighted by molar-refractivity contribution is 0.102. The van der Waals surface area contributed by atoms with Gasteiger partial charge < -0.3 is 16.3 Å². The van der Waals surface area contributed by atoms with Gasteiger partial charge >= 0.3 is 0 Å². The highest BCUT2D eigenvalue weighted by Gasteiger charge is 2.11. The first-order chi connectivity index (χ1) is 14.6. The van der Waals surface area contributed by atoms with Gasteiger partial charge in [-0.3, -0.25) is 9.78 Å². The van der Waals surface area contributed by atoms with E-state index in [1.54, 1.807) is 30.6 Å². The van der Waals surface area contributed by atoms with Crippen molar-refractivity contribution in [2.24, 2.45) is 5.16 Å². The number of nitrogen functional groups attached to an aromatic ring is 1. The molecule has 1 amide bonds. The molecule has 2 aromatic carbocycles. The monoisotopic (exact) mass is 414 g/mol. The lowest BCUT2D eigenvalue weighted by Crippen LogP contribution is -2.13. The fraction of sp³-hybridized carbons (Fsp3) is 0. The fourth-order valence-corrected chi connectivity index (χ4v) is 3.86. The number of benzene rings is 2. The number of nitrogens with two attached hydrogens (primary N) is 1. The molecule has 6 nitrogen and oxygen atoms in total. The second-order valence-electron chi connectivity index (χ2n) is 6.52. The van der Waals surface area contributed by atoms with Gasteiger partial charge in [-0.2, -0.15) is 0 Å². The van der Waals surface area contributed by atoms with Crippen LogP contribution in [0.15, 0.2) is 84.3 Å². The Balaban J connectivity index is 1.54. The topological polar surface area (TPSA) is 101 Å². The summed E-state index contributed by atoms with van der Waals surface area (Å²) in [5.41, 5.74) is 10.5. The van der Waals surface area contributed by atoms with Gasteiger partial charge in [-0.1, -0.05) is 29.4 Å². The molecule has 148 valence electrons. The van der Waals surface area contributed by atoms with Crippen molar-refractivity contribution in [3.8, 4) is 21.6 Å². The minimum atomic E-state index is -0.240. The highest BCUT2D eigenvalue weighted by atomic mass is 32.1. The van der Waals surface area contributed by atoms with E-state index in [2.05, 4.69) is 15.5 Å². The van der Waals surface area contributed by atoms with Gasteiger partial charge in [0.15, 0.2) is 0 Å². The van der Waals surface area contributed by atoms with Gasteiger partial charge in [0.2, 0.25) is 0 Å². The van der Waals surface area contributed by atoms with Crippen molar-refractivity contribution in [2.45, 2.75) is 0 Å². The number of carbonyl (C=O) groups is 1. The number of thiophene rings is 1. The summed E-state index contributed by atoms with van der Waals surface area (Å²) in [4.78, 5) is 18.6. The Morgan fingerprint density at radius 1 is 1.03 bits per heavy atom. The van der Waals surface area contributed by atoms with Crippen LogP contribution in [0.4, 0.5) is 11.4 Å². The molecule has 30 heavy (non-hydrogen) atoms. The van der Waals surface area contributed by atoms with Crippen molar-refractivity contribution in [1.29, 1.82) is 0 Å². The maximum Gasteiger partial charge on any atom is 0.255 e. The van der Waals surface area contributed by atoms with Crippen LogP contribution in [0.5, 0.6) is 0 Å². The third-order valence-corrected chi connectivity index (χ3v) is 5.61. The molecule has 2 heterocycles. The van der Waals surface area contributed by atoms with Gasteiger partial charge in [0, 0.05) is 27.7 Å². The number of rotatable bonds is 5. The first-order valence-corrected chi connectivity index (χ1v) is 9.94. The zero-order chi connectivity index (χ0) is 20.9. The van der Waals surface area contributed by atoms with Crippen molar-refractivity contribution in [1.82, 2.24) is 4.98 Å². The molecule has 0 aliphatic rings. The molecule has 4 rings (SSSR count). The predicted octanol–water partition coefficient (Wildman–Crippen LogP) is 5.12. The molecule has 0 spiro atoms. The smallest absolute Gasteiger partial charge is 0.255 e. The van der Waals surface area contributed by atoms with Crippen LogP contribution in [-0.4, -0.2) is 22.3 Å². The average molecular weight is 414 g/mol. The third kappa shape index (κ3) is 4.21. The molecule has 7 heteroatoms. The van der Waals surface area contributed by atoms with E-state index in [1.165, 1.54) is 17.6 Å². The maximum atomic E-state index is 12.7. The van der Waals surface area contributed by atoms with Gasteiger partial charge in [-0.15, -0.1) is 11.3 Å². The van der Waals surface area contributed by atoms with Crippen LogP contribution < -0.4 is 11.1 Å². The number of carbonyl (C=O) groups excluding carboxylic acids is 1. The van der Waals surface area contributed by atoms with Gasteiger partial charge in [0.25, 0.3) is 5.91 Å². The molecule has 2 aromatic heterocycles. The number of nitrogens with one attached hydrogen (secondary N) is 1. The Morgan fingerprint density at radius 2 is 1.83 bits per heavy atom. The average Bonchev–Trinajstić information content (AvgIpc) is 3.25. The first kappa shape index (κ1) is 19.4. The normalized spacial score (nSPS) is 10.9. The lowest BCUT2D eigenvalue weighted by Gasteiger charge is -2.10. The van der Waals surface area contributed by atoms with Crippen LogP contribution in [-0.2, 0) is 0 Å². The van der Waals surface area contributed by atoms with E-state index < -0.39 is 0 Å². The highest BCUT2D eigenvalue weighted by molar-refractivity contribution is 7.17. The van der Waals surface area contributed by atoms with Gasteiger partial charge in [0.05, 0.1) is 17.6 Å². The second kappa shape index (κ2) is 8.59. The number of pyridine rings is 1. The predicted molar refractivity (Wildman–Crippen MR) is 121 cm³/mol. The number of aromatic nitrogens is 1. The highest BCUT2D eigenvalue weighted by Crippen LogP contribution is 2.32. The Bertz CT molecular complexity index is 1200. The Hall–Kier alpha value is -3.97. The summed E-state index contributed by atoms with van der Waals surface area (Å²) < 4.78 is 0. The third-order valence-electron chi connectivity index (χ3n) is 4.54. The Morgan fingerprint density at radius 3 is 2.57 bits per heavy atom. The number of nitrogens with zero attached hydrogens (tertiary/aromatic N) is 2. The van der Waals surface area contributed by atoms with Crippen molar-refractivity contribution < 1.29 is 10.0 Å². The van der Waals surface area contributed by atoms with E-state index in [4.69, 9.17) is 10.9 Å².